The van der Waals surface area contributed by atoms with Crippen LogP contribution >= 0.6 is 0 Å². The monoisotopic (exact) mass is 370 g/mol. The third-order valence-corrected chi connectivity index (χ3v) is 5.08. The van der Waals surface area contributed by atoms with Gasteiger partial charge in [0.05, 0.1) is 6.54 Å². The lowest BCUT2D eigenvalue weighted by Gasteiger charge is -2.35. The number of carbonyl (C=O) groups excluding carboxylic acids is 2. The third kappa shape index (κ3) is 3.52. The molecule has 2 aromatic rings. The van der Waals surface area contributed by atoms with E-state index in [0.717, 1.165) is 11.3 Å². The number of aromatic nitrogens is 2. The first-order chi connectivity index (χ1) is 13.0. The van der Waals surface area contributed by atoms with Crippen LogP contribution in [0.1, 0.15) is 29.0 Å². The van der Waals surface area contributed by atoms with Gasteiger partial charge in [-0.15, -0.1) is 0 Å². The van der Waals surface area contributed by atoms with Crippen LogP contribution in [0.4, 0.5) is 5.69 Å². The molecule has 3 heterocycles. The standard InChI is InChI=1S/C19H22N4O4/c1-22-9-7-20-18(22)19(26)23-8-6-16(15(24)11-23)27-13-3-4-14-12(10-13)2-5-17(25)21-14/h3-4,7,9-10,15-16,24H,2,5-6,8,11H2,1H3,(H,21,25)/t15-,16-/m1/s1. The number of rotatable bonds is 3. The van der Waals surface area contributed by atoms with Crippen LogP contribution in [-0.2, 0) is 18.3 Å². The average Bonchev–Trinajstić information content (AvgIpc) is 3.09. The molecule has 0 saturated carbocycles. The van der Waals surface area contributed by atoms with Crippen LogP contribution in [0.15, 0.2) is 30.6 Å². The third-order valence-electron chi connectivity index (χ3n) is 5.08. The predicted molar refractivity (Wildman–Crippen MR) is 97.5 cm³/mol. The number of hydrogen-bond acceptors (Lipinski definition) is 5. The van der Waals surface area contributed by atoms with Gasteiger partial charge < -0.3 is 24.6 Å². The first kappa shape index (κ1) is 17.5. The van der Waals surface area contributed by atoms with Crippen molar-refractivity contribution in [2.45, 2.75) is 31.5 Å². The van der Waals surface area contributed by atoms with Gasteiger partial charge >= 0.3 is 0 Å². The fourth-order valence-corrected chi connectivity index (χ4v) is 3.55. The number of fused-ring (bicyclic) bond motifs is 1. The van der Waals surface area contributed by atoms with Gasteiger partial charge in [-0.2, -0.15) is 0 Å². The molecule has 0 spiro atoms. The summed E-state index contributed by atoms with van der Waals surface area (Å²) in [6, 6.07) is 5.53. The van der Waals surface area contributed by atoms with Crippen molar-refractivity contribution in [3.05, 3.63) is 42.0 Å². The molecule has 1 aromatic carbocycles. The second-order valence-electron chi connectivity index (χ2n) is 6.99. The molecule has 142 valence electrons. The fraction of sp³-hybridized carbons (Fsp3) is 0.421. The van der Waals surface area contributed by atoms with Gasteiger partial charge in [0.15, 0.2) is 5.82 Å². The Bertz CT molecular complexity index is 878. The zero-order chi connectivity index (χ0) is 19.0. The van der Waals surface area contributed by atoms with Crippen molar-refractivity contribution in [2.75, 3.05) is 18.4 Å². The normalized spacial score (nSPS) is 22.1. The molecule has 0 radical (unpaired) electrons. The lowest BCUT2D eigenvalue weighted by molar-refractivity contribution is -0.116. The van der Waals surface area contributed by atoms with Crippen LogP contribution in [0.5, 0.6) is 5.75 Å². The smallest absolute Gasteiger partial charge is 0.289 e. The molecule has 8 heteroatoms. The highest BCUT2D eigenvalue weighted by molar-refractivity contribution is 5.94. The number of nitrogens with zero attached hydrogens (tertiary/aromatic N) is 3. The molecule has 1 saturated heterocycles. The molecule has 2 aliphatic rings. The lowest BCUT2D eigenvalue weighted by atomic mass is 10.0. The van der Waals surface area contributed by atoms with E-state index in [9.17, 15) is 14.7 Å². The Morgan fingerprint density at radius 3 is 2.96 bits per heavy atom. The second kappa shape index (κ2) is 7.03. The Kier molecular flexibility index (Phi) is 4.57. The number of aliphatic hydroxyl groups excluding tert-OH is 1. The highest BCUT2D eigenvalue weighted by atomic mass is 16.5. The van der Waals surface area contributed by atoms with Gasteiger partial charge in [0.25, 0.3) is 5.91 Å². The number of aryl methyl sites for hydroxylation is 2. The van der Waals surface area contributed by atoms with Crippen molar-refractivity contribution >= 4 is 17.5 Å². The van der Waals surface area contributed by atoms with Gasteiger partial charge in [-0.25, -0.2) is 4.98 Å². The summed E-state index contributed by atoms with van der Waals surface area (Å²) >= 11 is 0. The Balaban J connectivity index is 1.40. The number of anilines is 1. The SMILES string of the molecule is Cn1ccnc1C(=O)N1CC[C@@H](Oc2ccc3c(c2)CCC(=O)N3)[C@H](O)C1. The number of imidazole rings is 1. The molecule has 27 heavy (non-hydrogen) atoms. The molecule has 2 aliphatic heterocycles. The average molecular weight is 370 g/mol. The molecular formula is C19H22N4O4. The zero-order valence-electron chi connectivity index (χ0n) is 15.1. The Labute approximate surface area is 156 Å². The summed E-state index contributed by atoms with van der Waals surface area (Å²) in [6.45, 7) is 0.700. The summed E-state index contributed by atoms with van der Waals surface area (Å²) in [4.78, 5) is 29.7. The van der Waals surface area contributed by atoms with Gasteiger partial charge in [-0.05, 0) is 30.2 Å². The number of likely N-dealkylation sites (tertiary alicyclic amines) is 1. The topological polar surface area (TPSA) is 96.7 Å². The quantitative estimate of drug-likeness (QED) is 0.839. The Morgan fingerprint density at radius 1 is 1.37 bits per heavy atom. The minimum atomic E-state index is -0.779. The van der Waals surface area contributed by atoms with Crippen LogP contribution in [0.25, 0.3) is 0 Å². The van der Waals surface area contributed by atoms with E-state index in [1.807, 2.05) is 12.1 Å². The van der Waals surface area contributed by atoms with Gasteiger partial charge in [-0.3, -0.25) is 9.59 Å². The Morgan fingerprint density at radius 2 is 2.22 bits per heavy atom. The van der Waals surface area contributed by atoms with Crippen LogP contribution in [0.3, 0.4) is 0 Å². The maximum Gasteiger partial charge on any atom is 0.289 e. The molecule has 0 bridgehead atoms. The van der Waals surface area contributed by atoms with E-state index < -0.39 is 6.10 Å². The molecule has 2 amide bonds. The summed E-state index contributed by atoms with van der Waals surface area (Å²) in [7, 11) is 1.77. The van der Waals surface area contributed by atoms with Gasteiger partial charge in [0.1, 0.15) is 18.0 Å². The number of nitrogens with one attached hydrogen (secondary N) is 1. The summed E-state index contributed by atoms with van der Waals surface area (Å²) in [5.41, 5.74) is 1.85. The van der Waals surface area contributed by atoms with E-state index in [1.54, 1.807) is 35.0 Å². The summed E-state index contributed by atoms with van der Waals surface area (Å²) in [6.07, 6.45) is 3.82. The first-order valence-corrected chi connectivity index (χ1v) is 9.05. The van der Waals surface area contributed by atoms with Crippen LogP contribution in [0.2, 0.25) is 0 Å². The van der Waals surface area contributed by atoms with Crippen molar-refractivity contribution in [3.8, 4) is 5.75 Å². The summed E-state index contributed by atoms with van der Waals surface area (Å²) < 4.78 is 7.65. The molecule has 2 N–H and O–H groups in total. The van der Waals surface area contributed by atoms with Crippen LogP contribution in [0, 0.1) is 0 Å². The van der Waals surface area contributed by atoms with Crippen molar-refractivity contribution in [1.29, 1.82) is 0 Å². The molecular weight excluding hydrogens is 348 g/mol. The van der Waals surface area contributed by atoms with E-state index in [2.05, 4.69) is 10.3 Å². The predicted octanol–water partition coefficient (Wildman–Crippen LogP) is 0.959. The number of ether oxygens (including phenoxy) is 1. The second-order valence-corrected chi connectivity index (χ2v) is 6.99. The molecule has 1 aromatic heterocycles. The molecule has 0 unspecified atom stereocenters. The van der Waals surface area contributed by atoms with E-state index in [1.165, 1.54) is 0 Å². The molecule has 8 nitrogen and oxygen atoms in total. The molecule has 1 fully saturated rings. The lowest BCUT2D eigenvalue weighted by Crippen LogP contribution is -2.51. The number of β-amino-alcohol motifs (C(OH)–C–C–N with tert-alkyl or cyclic N) is 1. The van der Waals surface area contributed by atoms with Gasteiger partial charge in [0, 0.05) is 44.5 Å². The number of amides is 2. The number of piperidine rings is 1. The number of carbonyl (C=O) groups is 2. The van der Waals surface area contributed by atoms with E-state index in [0.29, 0.717) is 37.4 Å². The zero-order valence-corrected chi connectivity index (χ0v) is 15.1. The maximum atomic E-state index is 12.5. The maximum absolute atomic E-state index is 12.5. The number of benzene rings is 1. The van der Waals surface area contributed by atoms with Crippen molar-refractivity contribution in [3.63, 3.8) is 0 Å². The van der Waals surface area contributed by atoms with Crippen molar-refractivity contribution in [1.82, 2.24) is 14.5 Å². The highest BCUT2D eigenvalue weighted by Crippen LogP contribution is 2.28. The minimum Gasteiger partial charge on any atom is -0.488 e. The molecule has 4 rings (SSSR count). The summed E-state index contributed by atoms with van der Waals surface area (Å²) in [5, 5.41) is 13.3. The summed E-state index contributed by atoms with van der Waals surface area (Å²) in [5.74, 6) is 0.858. The largest absolute Gasteiger partial charge is 0.488 e. The van der Waals surface area contributed by atoms with Gasteiger partial charge in [0.2, 0.25) is 5.91 Å². The molecule has 2 atom stereocenters. The number of aliphatic hydroxyl groups is 1. The van der Waals surface area contributed by atoms with Crippen molar-refractivity contribution < 1.29 is 19.4 Å². The molecule has 0 aliphatic carbocycles. The highest BCUT2D eigenvalue weighted by Gasteiger charge is 2.33. The first-order valence-electron chi connectivity index (χ1n) is 9.05. The van der Waals surface area contributed by atoms with Crippen LogP contribution < -0.4 is 10.1 Å². The van der Waals surface area contributed by atoms with Crippen molar-refractivity contribution in [2.24, 2.45) is 7.05 Å². The van der Waals surface area contributed by atoms with E-state index in [-0.39, 0.29) is 24.5 Å². The van der Waals surface area contributed by atoms with E-state index >= 15 is 0 Å². The Hall–Kier alpha value is -2.87. The number of hydrogen-bond donors (Lipinski definition) is 2. The van der Waals surface area contributed by atoms with Gasteiger partial charge in [-0.1, -0.05) is 0 Å². The minimum absolute atomic E-state index is 0.0244. The van der Waals surface area contributed by atoms with Crippen LogP contribution in [-0.4, -0.2) is 56.7 Å². The fourth-order valence-electron chi connectivity index (χ4n) is 3.55. The van der Waals surface area contributed by atoms with E-state index in [4.69, 9.17) is 4.74 Å².